The maximum Gasteiger partial charge on any atom is 0.219 e. The van der Waals surface area contributed by atoms with Crippen molar-refractivity contribution in [3.8, 4) is 0 Å². The Hall–Kier alpha value is -0.880. The molecular weight excluding hydrogens is 283 g/mol. The zero-order valence-electron chi connectivity index (χ0n) is 8.00. The maximum atomic E-state index is 10.7. The highest BCUT2D eigenvalue weighted by molar-refractivity contribution is 9.10. The minimum atomic E-state index is -0.369. The number of amides is 1. The van der Waals surface area contributed by atoms with Gasteiger partial charge in [0.2, 0.25) is 5.91 Å². The molecule has 0 fully saturated rings. The van der Waals surface area contributed by atoms with Crippen molar-refractivity contribution in [2.24, 2.45) is 5.73 Å². The molecule has 1 atom stereocenters. The first kappa shape index (κ1) is 12.2. The summed E-state index contributed by atoms with van der Waals surface area (Å²) >= 11 is 9.01. The number of hydrogen-bond acceptors (Lipinski definition) is 4. The van der Waals surface area contributed by atoms with Crippen LogP contribution in [0, 0.1) is 0 Å². The summed E-state index contributed by atoms with van der Waals surface area (Å²) < 4.78 is 0.572. The second-order valence-electron chi connectivity index (χ2n) is 3.04. The summed E-state index contributed by atoms with van der Waals surface area (Å²) in [5, 5.41) is 3.32. The summed E-state index contributed by atoms with van der Waals surface area (Å²) in [6.45, 7) is 1.83. The topological polar surface area (TPSA) is 80.9 Å². The van der Waals surface area contributed by atoms with E-state index >= 15 is 0 Å². The highest BCUT2D eigenvalue weighted by atomic mass is 79.9. The number of carbonyl (C=O) groups is 1. The van der Waals surface area contributed by atoms with E-state index in [1.165, 1.54) is 6.33 Å². The standard InChI is InChI=1S/C8H10BrClN4O/c1-4(2-5(11)15)14-8-6(9)7(10)12-3-13-8/h3-4H,2H2,1H3,(H2,11,15)(H,12,13,14). The average molecular weight is 294 g/mol. The number of nitrogens with zero attached hydrogens (tertiary/aromatic N) is 2. The molecule has 15 heavy (non-hydrogen) atoms. The summed E-state index contributed by atoms with van der Waals surface area (Å²) in [4.78, 5) is 18.4. The summed E-state index contributed by atoms with van der Waals surface area (Å²) in [5.41, 5.74) is 5.07. The molecule has 0 radical (unpaired) electrons. The third-order valence-corrected chi connectivity index (χ3v) is 2.90. The normalized spacial score (nSPS) is 12.2. The van der Waals surface area contributed by atoms with Crippen LogP contribution in [0.4, 0.5) is 5.82 Å². The van der Waals surface area contributed by atoms with Gasteiger partial charge in [-0.25, -0.2) is 9.97 Å². The third-order valence-electron chi connectivity index (χ3n) is 1.64. The molecule has 82 valence electrons. The molecule has 7 heteroatoms. The lowest BCUT2D eigenvalue weighted by Crippen LogP contribution is -2.24. The molecule has 0 aliphatic heterocycles. The Kier molecular flexibility index (Phi) is 4.28. The molecule has 1 aromatic heterocycles. The molecule has 5 nitrogen and oxygen atoms in total. The van der Waals surface area contributed by atoms with Crippen LogP contribution >= 0.6 is 27.5 Å². The van der Waals surface area contributed by atoms with Gasteiger partial charge in [0.15, 0.2) is 0 Å². The van der Waals surface area contributed by atoms with Crippen LogP contribution in [0.25, 0.3) is 0 Å². The highest BCUT2D eigenvalue weighted by Crippen LogP contribution is 2.26. The van der Waals surface area contributed by atoms with Gasteiger partial charge in [0, 0.05) is 12.5 Å². The Labute approximate surface area is 101 Å². The number of primary amides is 1. The fraction of sp³-hybridized carbons (Fsp3) is 0.375. The molecule has 0 aliphatic rings. The molecule has 0 spiro atoms. The Morgan fingerprint density at radius 3 is 3.00 bits per heavy atom. The number of carbonyl (C=O) groups excluding carboxylic acids is 1. The van der Waals surface area contributed by atoms with Crippen LogP contribution in [-0.4, -0.2) is 21.9 Å². The van der Waals surface area contributed by atoms with E-state index in [1.807, 2.05) is 6.92 Å². The van der Waals surface area contributed by atoms with Gasteiger partial charge in [-0.3, -0.25) is 4.79 Å². The molecule has 1 aromatic rings. The molecule has 1 unspecified atom stereocenters. The van der Waals surface area contributed by atoms with Crippen LogP contribution in [0.15, 0.2) is 10.8 Å². The van der Waals surface area contributed by atoms with E-state index in [2.05, 4.69) is 31.2 Å². The van der Waals surface area contributed by atoms with E-state index in [9.17, 15) is 4.79 Å². The number of aromatic nitrogens is 2. The number of hydrogen-bond donors (Lipinski definition) is 2. The molecule has 0 aromatic carbocycles. The predicted octanol–water partition coefficient (Wildman–Crippen LogP) is 1.57. The molecule has 0 aliphatic carbocycles. The zero-order chi connectivity index (χ0) is 11.4. The third kappa shape index (κ3) is 3.64. The van der Waals surface area contributed by atoms with Crippen LogP contribution in [0.1, 0.15) is 13.3 Å². The monoisotopic (exact) mass is 292 g/mol. The van der Waals surface area contributed by atoms with Gasteiger partial charge < -0.3 is 11.1 Å². The number of nitrogens with one attached hydrogen (secondary N) is 1. The minimum absolute atomic E-state index is 0.107. The lowest BCUT2D eigenvalue weighted by Gasteiger charge is -2.13. The van der Waals surface area contributed by atoms with Crippen molar-refractivity contribution < 1.29 is 4.79 Å². The smallest absolute Gasteiger partial charge is 0.219 e. The minimum Gasteiger partial charge on any atom is -0.370 e. The van der Waals surface area contributed by atoms with Gasteiger partial charge in [0.1, 0.15) is 17.3 Å². The highest BCUT2D eigenvalue weighted by Gasteiger charge is 2.11. The van der Waals surface area contributed by atoms with Crippen LogP contribution < -0.4 is 11.1 Å². The van der Waals surface area contributed by atoms with E-state index in [1.54, 1.807) is 0 Å². The van der Waals surface area contributed by atoms with Gasteiger partial charge in [-0.2, -0.15) is 0 Å². The van der Waals surface area contributed by atoms with E-state index < -0.39 is 0 Å². The van der Waals surface area contributed by atoms with Crippen LogP contribution in [-0.2, 0) is 4.79 Å². The molecule has 1 heterocycles. The largest absolute Gasteiger partial charge is 0.370 e. The molecule has 1 rings (SSSR count). The van der Waals surface area contributed by atoms with Crippen molar-refractivity contribution in [2.75, 3.05) is 5.32 Å². The van der Waals surface area contributed by atoms with Crippen molar-refractivity contribution in [1.82, 2.24) is 9.97 Å². The number of anilines is 1. The van der Waals surface area contributed by atoms with Crippen molar-refractivity contribution in [3.05, 3.63) is 16.0 Å². The first-order valence-electron chi connectivity index (χ1n) is 4.21. The van der Waals surface area contributed by atoms with Gasteiger partial charge in [-0.1, -0.05) is 11.6 Å². The molecule has 0 saturated heterocycles. The quantitative estimate of drug-likeness (QED) is 0.826. The average Bonchev–Trinajstić information content (AvgIpc) is 2.11. The second kappa shape index (κ2) is 5.27. The number of rotatable bonds is 4. The van der Waals surface area contributed by atoms with E-state index in [4.69, 9.17) is 17.3 Å². The SMILES string of the molecule is CC(CC(N)=O)Nc1ncnc(Cl)c1Br. The zero-order valence-corrected chi connectivity index (χ0v) is 10.3. The Bertz CT molecular complexity index is 374. The van der Waals surface area contributed by atoms with Gasteiger partial charge >= 0.3 is 0 Å². The van der Waals surface area contributed by atoms with Crippen LogP contribution in [0.5, 0.6) is 0 Å². The Morgan fingerprint density at radius 1 is 1.73 bits per heavy atom. The Morgan fingerprint density at radius 2 is 2.40 bits per heavy atom. The van der Waals surface area contributed by atoms with Gasteiger partial charge in [-0.05, 0) is 22.9 Å². The Balaban J connectivity index is 2.72. The fourth-order valence-electron chi connectivity index (χ4n) is 1.04. The fourth-order valence-corrected chi connectivity index (χ4v) is 1.49. The number of halogens is 2. The molecule has 0 saturated carbocycles. The van der Waals surface area contributed by atoms with Gasteiger partial charge in [-0.15, -0.1) is 0 Å². The van der Waals surface area contributed by atoms with Crippen molar-refractivity contribution in [2.45, 2.75) is 19.4 Å². The van der Waals surface area contributed by atoms with E-state index in [0.29, 0.717) is 15.4 Å². The summed E-state index contributed by atoms with van der Waals surface area (Å²) in [6.07, 6.45) is 1.57. The molecule has 3 N–H and O–H groups in total. The van der Waals surface area contributed by atoms with Crippen LogP contribution in [0.3, 0.4) is 0 Å². The van der Waals surface area contributed by atoms with E-state index in [0.717, 1.165) is 0 Å². The number of nitrogens with two attached hydrogens (primary N) is 1. The summed E-state index contributed by atoms with van der Waals surface area (Å²) in [6, 6.07) is -0.107. The van der Waals surface area contributed by atoms with Gasteiger partial charge in [0.25, 0.3) is 0 Å². The van der Waals surface area contributed by atoms with Crippen molar-refractivity contribution in [3.63, 3.8) is 0 Å². The molecule has 1 amide bonds. The molecule has 0 bridgehead atoms. The van der Waals surface area contributed by atoms with Crippen molar-refractivity contribution in [1.29, 1.82) is 0 Å². The second-order valence-corrected chi connectivity index (χ2v) is 4.19. The predicted molar refractivity (Wildman–Crippen MR) is 61.6 cm³/mol. The van der Waals surface area contributed by atoms with Crippen LogP contribution in [0.2, 0.25) is 5.15 Å². The lowest BCUT2D eigenvalue weighted by molar-refractivity contribution is -0.118. The maximum absolute atomic E-state index is 10.7. The van der Waals surface area contributed by atoms with Gasteiger partial charge in [0.05, 0.1) is 4.47 Å². The van der Waals surface area contributed by atoms with Crippen molar-refractivity contribution >= 4 is 39.3 Å². The summed E-state index contributed by atoms with van der Waals surface area (Å²) in [7, 11) is 0. The first-order valence-corrected chi connectivity index (χ1v) is 5.38. The summed E-state index contributed by atoms with van der Waals surface area (Å²) in [5.74, 6) is 0.176. The lowest BCUT2D eigenvalue weighted by atomic mass is 10.2. The first-order chi connectivity index (χ1) is 7.00. The van der Waals surface area contributed by atoms with E-state index in [-0.39, 0.29) is 18.4 Å². The molecular formula is C8H10BrClN4O.